The summed E-state index contributed by atoms with van der Waals surface area (Å²) in [4.78, 5) is 13.0. The number of hydrogen-bond acceptors (Lipinski definition) is 4. The molecule has 2 aliphatic rings. The maximum atomic E-state index is 13.0. The van der Waals surface area contributed by atoms with Crippen molar-refractivity contribution in [3.63, 3.8) is 0 Å². The number of methoxy groups -OCH3 is 2. The lowest BCUT2D eigenvalue weighted by molar-refractivity contribution is 0.0629. The lowest BCUT2D eigenvalue weighted by Crippen LogP contribution is -2.43. The molecule has 0 spiro atoms. The average molecular weight is 324 g/mol. The van der Waals surface area contributed by atoms with Crippen LogP contribution in [0.2, 0.25) is 0 Å². The fourth-order valence-corrected chi connectivity index (χ4v) is 3.86. The van der Waals surface area contributed by atoms with Crippen molar-refractivity contribution in [3.05, 3.63) is 52.6 Å². The molecule has 2 aromatic carbocycles. The van der Waals surface area contributed by atoms with Crippen LogP contribution in [-0.2, 0) is 12.8 Å². The van der Waals surface area contributed by atoms with Crippen molar-refractivity contribution in [1.29, 1.82) is 0 Å². The Hall–Kier alpha value is -2.49. The normalized spacial score (nSPS) is 21.2. The zero-order valence-corrected chi connectivity index (χ0v) is 14.1. The van der Waals surface area contributed by atoms with E-state index in [2.05, 4.69) is 0 Å². The highest BCUT2D eigenvalue weighted by molar-refractivity contribution is 6.02. The molecule has 1 aliphatic heterocycles. The molecule has 0 saturated heterocycles. The predicted octanol–water partition coefficient (Wildman–Crippen LogP) is 3.37. The van der Waals surface area contributed by atoms with Gasteiger partial charge in [-0.15, -0.1) is 0 Å². The Morgan fingerprint density at radius 1 is 1.00 bits per heavy atom. The highest BCUT2D eigenvalue weighted by atomic mass is 16.5. The average Bonchev–Trinajstić information content (AvgIpc) is 2.60. The van der Waals surface area contributed by atoms with Crippen LogP contribution in [0.5, 0.6) is 17.2 Å². The third-order valence-corrected chi connectivity index (χ3v) is 5.08. The SMILES string of the molecule is COc1ccc(OC)c2c1C[C@@H]1C(=O)c3cc(C)ccc3O[C@@H]1C2. The Morgan fingerprint density at radius 3 is 2.33 bits per heavy atom. The quantitative estimate of drug-likeness (QED) is 0.849. The number of fused-ring (bicyclic) bond motifs is 3. The lowest BCUT2D eigenvalue weighted by atomic mass is 9.75. The number of Topliss-reactive ketones (excluding diaryl/α,β-unsaturated/α-hetero) is 1. The second kappa shape index (κ2) is 5.55. The first-order valence-corrected chi connectivity index (χ1v) is 8.16. The highest BCUT2D eigenvalue weighted by Gasteiger charge is 2.42. The van der Waals surface area contributed by atoms with E-state index >= 15 is 0 Å². The molecule has 2 atom stereocenters. The molecule has 4 heteroatoms. The molecule has 4 rings (SSSR count). The van der Waals surface area contributed by atoms with Crippen LogP contribution < -0.4 is 14.2 Å². The summed E-state index contributed by atoms with van der Waals surface area (Å²) < 4.78 is 17.2. The van der Waals surface area contributed by atoms with Gasteiger partial charge in [0.25, 0.3) is 0 Å². The van der Waals surface area contributed by atoms with Crippen molar-refractivity contribution in [2.24, 2.45) is 5.92 Å². The van der Waals surface area contributed by atoms with E-state index in [0.29, 0.717) is 24.2 Å². The molecular formula is C20H20O4. The minimum atomic E-state index is -0.173. The van der Waals surface area contributed by atoms with Gasteiger partial charge >= 0.3 is 0 Å². The molecule has 0 aromatic heterocycles. The predicted molar refractivity (Wildman–Crippen MR) is 90.4 cm³/mol. The molecule has 0 fully saturated rings. The molecule has 4 nitrogen and oxygen atoms in total. The van der Waals surface area contributed by atoms with Crippen LogP contribution in [0.3, 0.4) is 0 Å². The van der Waals surface area contributed by atoms with Crippen LogP contribution in [0, 0.1) is 12.8 Å². The first-order chi connectivity index (χ1) is 11.6. The molecular weight excluding hydrogens is 304 g/mol. The lowest BCUT2D eigenvalue weighted by Gasteiger charge is -2.37. The number of hydrogen-bond donors (Lipinski definition) is 0. The van der Waals surface area contributed by atoms with Gasteiger partial charge in [-0.05, 0) is 37.6 Å². The van der Waals surface area contributed by atoms with Crippen LogP contribution in [-0.4, -0.2) is 26.1 Å². The largest absolute Gasteiger partial charge is 0.496 e. The minimum absolute atomic E-state index is 0.152. The van der Waals surface area contributed by atoms with Gasteiger partial charge in [0.1, 0.15) is 23.4 Å². The molecule has 0 unspecified atom stereocenters. The van der Waals surface area contributed by atoms with Crippen molar-refractivity contribution >= 4 is 5.78 Å². The number of carbonyl (C=O) groups excluding carboxylic acids is 1. The molecule has 0 saturated carbocycles. The zero-order chi connectivity index (χ0) is 16.8. The van der Waals surface area contributed by atoms with E-state index in [1.165, 1.54) is 0 Å². The van der Waals surface area contributed by atoms with Gasteiger partial charge < -0.3 is 14.2 Å². The molecule has 1 heterocycles. The van der Waals surface area contributed by atoms with Gasteiger partial charge in [-0.3, -0.25) is 4.79 Å². The summed E-state index contributed by atoms with van der Waals surface area (Å²) in [7, 11) is 3.32. The van der Waals surface area contributed by atoms with Gasteiger partial charge in [-0.2, -0.15) is 0 Å². The first kappa shape index (κ1) is 15.1. The van der Waals surface area contributed by atoms with E-state index in [0.717, 1.165) is 28.2 Å². The van der Waals surface area contributed by atoms with Gasteiger partial charge in [-0.25, -0.2) is 0 Å². The molecule has 0 N–H and O–H groups in total. The van der Waals surface area contributed by atoms with E-state index in [-0.39, 0.29) is 17.8 Å². The monoisotopic (exact) mass is 324 g/mol. The number of benzene rings is 2. The Labute approximate surface area is 141 Å². The summed E-state index contributed by atoms with van der Waals surface area (Å²) in [5.41, 5.74) is 3.91. The summed E-state index contributed by atoms with van der Waals surface area (Å²) in [6.07, 6.45) is 1.12. The maximum Gasteiger partial charge on any atom is 0.173 e. The van der Waals surface area contributed by atoms with Crippen LogP contribution in [0.1, 0.15) is 27.0 Å². The van der Waals surface area contributed by atoms with Crippen LogP contribution in [0.4, 0.5) is 0 Å². The Morgan fingerprint density at radius 2 is 1.67 bits per heavy atom. The molecule has 0 bridgehead atoms. The summed E-state index contributed by atoms with van der Waals surface area (Å²) in [5, 5.41) is 0. The Bertz CT molecular complexity index is 825. The van der Waals surface area contributed by atoms with Crippen LogP contribution in [0.15, 0.2) is 30.3 Å². The van der Waals surface area contributed by atoms with E-state index in [1.807, 2.05) is 37.3 Å². The minimum Gasteiger partial charge on any atom is -0.496 e. The first-order valence-electron chi connectivity index (χ1n) is 8.16. The fourth-order valence-electron chi connectivity index (χ4n) is 3.86. The van der Waals surface area contributed by atoms with Crippen molar-refractivity contribution in [2.45, 2.75) is 25.9 Å². The Kier molecular flexibility index (Phi) is 3.48. The molecule has 24 heavy (non-hydrogen) atoms. The van der Waals surface area contributed by atoms with Crippen LogP contribution in [0.25, 0.3) is 0 Å². The third-order valence-electron chi connectivity index (χ3n) is 5.08. The van der Waals surface area contributed by atoms with Crippen molar-refractivity contribution < 1.29 is 19.0 Å². The number of aryl methyl sites for hydroxylation is 1. The summed E-state index contributed by atoms with van der Waals surface area (Å²) in [5.74, 6) is 2.33. The molecule has 0 amide bonds. The second-order valence-electron chi connectivity index (χ2n) is 6.46. The van der Waals surface area contributed by atoms with E-state index in [1.54, 1.807) is 14.2 Å². The van der Waals surface area contributed by atoms with E-state index in [4.69, 9.17) is 14.2 Å². The van der Waals surface area contributed by atoms with Crippen molar-refractivity contribution in [3.8, 4) is 17.2 Å². The second-order valence-corrected chi connectivity index (χ2v) is 6.46. The van der Waals surface area contributed by atoms with Gasteiger partial charge in [0.05, 0.1) is 25.7 Å². The van der Waals surface area contributed by atoms with Gasteiger partial charge in [0.2, 0.25) is 0 Å². The molecule has 1 aliphatic carbocycles. The molecule has 0 radical (unpaired) electrons. The van der Waals surface area contributed by atoms with Crippen LogP contribution >= 0.6 is 0 Å². The number of carbonyl (C=O) groups is 1. The number of rotatable bonds is 2. The van der Waals surface area contributed by atoms with E-state index in [9.17, 15) is 4.79 Å². The highest BCUT2D eigenvalue weighted by Crippen LogP contribution is 2.43. The smallest absolute Gasteiger partial charge is 0.173 e. The fraction of sp³-hybridized carbons (Fsp3) is 0.350. The summed E-state index contributed by atoms with van der Waals surface area (Å²) in [6.45, 7) is 1.99. The summed E-state index contributed by atoms with van der Waals surface area (Å²) in [6, 6.07) is 9.63. The van der Waals surface area contributed by atoms with E-state index < -0.39 is 0 Å². The topological polar surface area (TPSA) is 44.8 Å². The van der Waals surface area contributed by atoms with Crippen molar-refractivity contribution in [1.82, 2.24) is 0 Å². The van der Waals surface area contributed by atoms with Gasteiger partial charge in [0.15, 0.2) is 5.78 Å². The Balaban J connectivity index is 1.79. The van der Waals surface area contributed by atoms with Gasteiger partial charge in [-0.1, -0.05) is 11.6 Å². The standard InChI is InChI=1S/C20H20O4/c1-11-4-5-18-14(8-11)20(21)15-9-12-13(10-19(15)24-18)17(23-3)7-6-16(12)22-2/h4-8,15,19H,9-10H2,1-3H3/t15-,19+/m0/s1. The maximum absolute atomic E-state index is 13.0. The zero-order valence-electron chi connectivity index (χ0n) is 14.1. The number of ketones is 1. The third kappa shape index (κ3) is 2.17. The number of ether oxygens (including phenoxy) is 3. The van der Waals surface area contributed by atoms with Crippen molar-refractivity contribution in [2.75, 3.05) is 14.2 Å². The molecule has 2 aromatic rings. The van der Waals surface area contributed by atoms with Gasteiger partial charge in [0, 0.05) is 17.5 Å². The molecule has 124 valence electrons. The summed E-state index contributed by atoms with van der Waals surface area (Å²) >= 11 is 0.